The lowest BCUT2D eigenvalue weighted by Gasteiger charge is -2.08. The van der Waals surface area contributed by atoms with E-state index in [1.807, 2.05) is 6.92 Å². The lowest BCUT2D eigenvalue weighted by Crippen LogP contribution is -2.09. The number of carbonyl (C=O) groups excluding carboxylic acids is 1. The molecule has 0 aromatic heterocycles. The van der Waals surface area contributed by atoms with Gasteiger partial charge in [-0.3, -0.25) is 10.1 Å². The molecule has 0 aliphatic heterocycles. The van der Waals surface area contributed by atoms with E-state index in [0.717, 1.165) is 11.6 Å². The standard InChI is InChI=1S/C15H12BrNO5/c1-9-3-5-13(11(16)7-9)22-15(18)10-4-6-14(21-2)12(8-10)17(19)20/h3-8H,1-2H3. The Balaban J connectivity index is 2.30. The van der Waals surface area contributed by atoms with Crippen LogP contribution in [0, 0.1) is 17.0 Å². The fraction of sp³-hybridized carbons (Fsp3) is 0.133. The molecule has 0 fully saturated rings. The summed E-state index contributed by atoms with van der Waals surface area (Å²) in [5.41, 5.74) is 0.784. The van der Waals surface area contributed by atoms with Crippen molar-refractivity contribution in [3.63, 3.8) is 0 Å². The van der Waals surface area contributed by atoms with E-state index in [1.54, 1.807) is 18.2 Å². The number of methoxy groups -OCH3 is 1. The van der Waals surface area contributed by atoms with E-state index in [9.17, 15) is 14.9 Å². The van der Waals surface area contributed by atoms with Gasteiger partial charge in [-0.25, -0.2) is 4.79 Å². The maximum atomic E-state index is 12.1. The summed E-state index contributed by atoms with van der Waals surface area (Å²) in [4.78, 5) is 22.5. The van der Waals surface area contributed by atoms with Crippen LogP contribution in [-0.4, -0.2) is 18.0 Å². The van der Waals surface area contributed by atoms with Gasteiger partial charge in [0.25, 0.3) is 0 Å². The minimum absolute atomic E-state index is 0.0694. The number of halogens is 1. The molecule has 0 atom stereocenters. The van der Waals surface area contributed by atoms with Gasteiger partial charge in [0.05, 0.1) is 22.1 Å². The van der Waals surface area contributed by atoms with Crippen molar-refractivity contribution in [2.45, 2.75) is 6.92 Å². The summed E-state index contributed by atoms with van der Waals surface area (Å²) >= 11 is 3.30. The molecule has 0 aliphatic rings. The summed E-state index contributed by atoms with van der Waals surface area (Å²) < 4.78 is 10.8. The van der Waals surface area contributed by atoms with Crippen LogP contribution in [0.3, 0.4) is 0 Å². The zero-order valence-electron chi connectivity index (χ0n) is 11.8. The van der Waals surface area contributed by atoms with Gasteiger partial charge in [-0.2, -0.15) is 0 Å². The summed E-state index contributed by atoms with van der Waals surface area (Å²) in [6.45, 7) is 1.91. The van der Waals surface area contributed by atoms with Crippen LogP contribution in [0.4, 0.5) is 5.69 Å². The van der Waals surface area contributed by atoms with Crippen LogP contribution in [0.1, 0.15) is 15.9 Å². The average molecular weight is 366 g/mol. The summed E-state index contributed by atoms with van der Waals surface area (Å²) in [6.07, 6.45) is 0. The molecule has 0 amide bonds. The van der Waals surface area contributed by atoms with Crippen molar-refractivity contribution in [2.75, 3.05) is 7.11 Å². The first-order chi connectivity index (χ1) is 10.4. The third-order valence-corrected chi connectivity index (χ3v) is 3.52. The van der Waals surface area contributed by atoms with E-state index in [2.05, 4.69) is 15.9 Å². The Morgan fingerprint density at radius 2 is 1.86 bits per heavy atom. The Kier molecular flexibility index (Phi) is 4.77. The van der Waals surface area contributed by atoms with Crippen LogP contribution in [0.5, 0.6) is 11.5 Å². The van der Waals surface area contributed by atoms with Gasteiger partial charge in [0.2, 0.25) is 0 Å². The molecule has 0 saturated heterocycles. The summed E-state index contributed by atoms with van der Waals surface area (Å²) in [5.74, 6) is -0.262. The van der Waals surface area contributed by atoms with Crippen LogP contribution in [0.15, 0.2) is 40.9 Å². The predicted molar refractivity (Wildman–Crippen MR) is 83.5 cm³/mol. The van der Waals surface area contributed by atoms with Crippen LogP contribution in [-0.2, 0) is 0 Å². The minimum Gasteiger partial charge on any atom is -0.490 e. The topological polar surface area (TPSA) is 78.7 Å². The molecule has 6 nitrogen and oxygen atoms in total. The zero-order valence-corrected chi connectivity index (χ0v) is 13.4. The Bertz CT molecular complexity index is 745. The largest absolute Gasteiger partial charge is 0.490 e. The maximum absolute atomic E-state index is 12.1. The van der Waals surface area contributed by atoms with Gasteiger partial charge in [-0.15, -0.1) is 0 Å². The van der Waals surface area contributed by atoms with Crippen molar-refractivity contribution in [3.05, 3.63) is 62.1 Å². The molecule has 0 spiro atoms. The molecule has 114 valence electrons. The normalized spacial score (nSPS) is 10.1. The highest BCUT2D eigenvalue weighted by Gasteiger charge is 2.19. The summed E-state index contributed by atoms with van der Waals surface area (Å²) in [5, 5.41) is 11.0. The Morgan fingerprint density at radius 1 is 1.18 bits per heavy atom. The molecule has 0 saturated carbocycles. The van der Waals surface area contributed by atoms with Crippen LogP contribution >= 0.6 is 15.9 Å². The summed E-state index contributed by atoms with van der Waals surface area (Å²) in [7, 11) is 1.32. The molecular formula is C15H12BrNO5. The fourth-order valence-electron chi connectivity index (χ4n) is 1.81. The molecule has 7 heteroatoms. The third-order valence-electron chi connectivity index (χ3n) is 2.90. The van der Waals surface area contributed by atoms with E-state index in [4.69, 9.17) is 9.47 Å². The van der Waals surface area contributed by atoms with E-state index < -0.39 is 10.9 Å². The van der Waals surface area contributed by atoms with Gasteiger partial charge in [0, 0.05) is 6.07 Å². The van der Waals surface area contributed by atoms with Crippen LogP contribution < -0.4 is 9.47 Å². The Hall–Kier alpha value is -2.41. The number of aryl methyl sites for hydroxylation is 1. The lowest BCUT2D eigenvalue weighted by atomic mass is 10.2. The zero-order chi connectivity index (χ0) is 16.3. The predicted octanol–water partition coefficient (Wildman–Crippen LogP) is 3.89. The molecule has 2 rings (SSSR count). The highest BCUT2D eigenvalue weighted by molar-refractivity contribution is 9.10. The first-order valence-electron chi connectivity index (χ1n) is 6.23. The first-order valence-corrected chi connectivity index (χ1v) is 7.02. The van der Waals surface area contributed by atoms with Crippen molar-refractivity contribution in [2.24, 2.45) is 0 Å². The number of ether oxygens (including phenoxy) is 2. The van der Waals surface area contributed by atoms with Crippen LogP contribution in [0.2, 0.25) is 0 Å². The molecule has 2 aromatic carbocycles. The quantitative estimate of drug-likeness (QED) is 0.355. The van der Waals surface area contributed by atoms with Gasteiger partial charge >= 0.3 is 11.7 Å². The minimum atomic E-state index is -0.685. The number of carbonyl (C=O) groups is 1. The number of nitro groups is 1. The fourth-order valence-corrected chi connectivity index (χ4v) is 2.38. The van der Waals surface area contributed by atoms with Gasteiger partial charge in [0.15, 0.2) is 5.75 Å². The first kappa shape index (κ1) is 16.0. The number of nitro benzene ring substituents is 1. The second-order valence-electron chi connectivity index (χ2n) is 4.47. The number of rotatable bonds is 4. The van der Waals surface area contributed by atoms with Gasteiger partial charge < -0.3 is 9.47 Å². The second kappa shape index (κ2) is 6.57. The molecule has 0 radical (unpaired) electrons. The van der Waals surface area contributed by atoms with Crippen LogP contribution in [0.25, 0.3) is 0 Å². The van der Waals surface area contributed by atoms with Gasteiger partial charge in [-0.1, -0.05) is 6.07 Å². The molecule has 2 aromatic rings. The monoisotopic (exact) mass is 365 g/mol. The molecule has 0 heterocycles. The number of benzene rings is 2. The maximum Gasteiger partial charge on any atom is 0.343 e. The molecule has 0 bridgehead atoms. The highest BCUT2D eigenvalue weighted by Crippen LogP contribution is 2.30. The van der Waals surface area contributed by atoms with Crippen molar-refractivity contribution in [1.82, 2.24) is 0 Å². The molecule has 0 unspecified atom stereocenters. The molecule has 0 N–H and O–H groups in total. The van der Waals surface area contributed by atoms with Gasteiger partial charge in [0.1, 0.15) is 5.75 Å². The number of nitrogens with zero attached hydrogens (tertiary/aromatic N) is 1. The number of hydrogen-bond donors (Lipinski definition) is 0. The van der Waals surface area contributed by atoms with Crippen molar-refractivity contribution < 1.29 is 19.2 Å². The average Bonchev–Trinajstić information content (AvgIpc) is 2.49. The van der Waals surface area contributed by atoms with Crippen molar-refractivity contribution in [1.29, 1.82) is 0 Å². The number of esters is 1. The van der Waals surface area contributed by atoms with E-state index in [1.165, 1.54) is 19.2 Å². The Labute approximate surface area is 134 Å². The SMILES string of the molecule is COc1ccc(C(=O)Oc2ccc(C)cc2Br)cc1[N+](=O)[O-]. The second-order valence-corrected chi connectivity index (χ2v) is 5.32. The number of hydrogen-bond acceptors (Lipinski definition) is 5. The lowest BCUT2D eigenvalue weighted by molar-refractivity contribution is -0.385. The Morgan fingerprint density at radius 3 is 2.45 bits per heavy atom. The third kappa shape index (κ3) is 3.43. The molecule has 0 aliphatic carbocycles. The molecule has 22 heavy (non-hydrogen) atoms. The molecular weight excluding hydrogens is 354 g/mol. The van der Waals surface area contributed by atoms with E-state index >= 15 is 0 Å². The van der Waals surface area contributed by atoms with E-state index in [-0.39, 0.29) is 17.0 Å². The van der Waals surface area contributed by atoms with E-state index in [0.29, 0.717) is 10.2 Å². The van der Waals surface area contributed by atoms with Crippen molar-refractivity contribution in [3.8, 4) is 11.5 Å². The van der Waals surface area contributed by atoms with Crippen molar-refractivity contribution >= 4 is 27.6 Å². The highest BCUT2D eigenvalue weighted by atomic mass is 79.9. The van der Waals surface area contributed by atoms with Gasteiger partial charge in [-0.05, 0) is 52.7 Å². The smallest absolute Gasteiger partial charge is 0.343 e. The summed E-state index contributed by atoms with van der Waals surface area (Å²) in [6, 6.07) is 9.15.